The summed E-state index contributed by atoms with van der Waals surface area (Å²) in [6.07, 6.45) is 4.79. The molecule has 2 heterocycles. The molecule has 2 aromatic rings. The van der Waals surface area contributed by atoms with Crippen LogP contribution in [-0.4, -0.2) is 39.4 Å². The van der Waals surface area contributed by atoms with Gasteiger partial charge in [-0.3, -0.25) is 0 Å². The molecule has 3 rings (SSSR count). The van der Waals surface area contributed by atoms with Crippen molar-refractivity contribution in [2.24, 2.45) is 5.41 Å². The Morgan fingerprint density at radius 2 is 1.96 bits per heavy atom. The number of ether oxygens (including phenoxy) is 2. The number of aliphatic hydroxyl groups excluding tert-OH is 1. The molecular formula is C19H24ClN3O3. The first-order valence-electron chi connectivity index (χ1n) is 8.83. The highest BCUT2D eigenvalue weighted by atomic mass is 35.5. The highest BCUT2D eigenvalue weighted by Crippen LogP contribution is 2.38. The average molecular weight is 378 g/mol. The maximum Gasteiger partial charge on any atom is 0.157 e. The van der Waals surface area contributed by atoms with Gasteiger partial charge in [0.25, 0.3) is 0 Å². The smallest absolute Gasteiger partial charge is 0.157 e. The Kier molecular flexibility index (Phi) is 5.96. The topological polar surface area (TPSA) is 69.4 Å². The molecule has 1 N–H and O–H groups in total. The molecular weight excluding hydrogens is 354 g/mol. The van der Waals surface area contributed by atoms with Crippen LogP contribution in [0.3, 0.4) is 0 Å². The van der Waals surface area contributed by atoms with Crippen LogP contribution in [0.15, 0.2) is 42.7 Å². The molecule has 1 fully saturated rings. The highest BCUT2D eigenvalue weighted by molar-refractivity contribution is 6.30. The van der Waals surface area contributed by atoms with Gasteiger partial charge < -0.3 is 14.6 Å². The number of halogens is 1. The van der Waals surface area contributed by atoms with E-state index in [-0.39, 0.29) is 12.0 Å². The van der Waals surface area contributed by atoms with E-state index < -0.39 is 5.41 Å². The standard InChI is InChI=1S/C19H24ClN3O3/c1-3-17-25-10-19(4-2,11-26-17)18(24)16(23-13-21-12-22-23)9-14-5-7-15(20)8-6-14/h5-8,12-13,17,24H,3-4,9-11H2,1-2H3/b18-16+. The van der Waals surface area contributed by atoms with Gasteiger partial charge in [-0.15, -0.1) is 0 Å². The number of hydrogen-bond donors (Lipinski definition) is 1. The Morgan fingerprint density at radius 1 is 1.27 bits per heavy atom. The summed E-state index contributed by atoms with van der Waals surface area (Å²) in [4.78, 5) is 4.02. The van der Waals surface area contributed by atoms with Gasteiger partial charge in [0, 0.05) is 11.4 Å². The van der Waals surface area contributed by atoms with E-state index in [1.165, 1.54) is 6.33 Å². The third-order valence-corrected chi connectivity index (χ3v) is 5.11. The fraction of sp³-hybridized carbons (Fsp3) is 0.474. The molecule has 1 aliphatic heterocycles. The number of aromatic nitrogens is 3. The zero-order valence-corrected chi connectivity index (χ0v) is 15.8. The lowest BCUT2D eigenvalue weighted by Gasteiger charge is -2.39. The number of aliphatic hydroxyl groups is 1. The first kappa shape index (κ1) is 18.9. The van der Waals surface area contributed by atoms with Crippen LogP contribution >= 0.6 is 11.6 Å². The molecule has 0 aliphatic carbocycles. The van der Waals surface area contributed by atoms with E-state index in [0.717, 1.165) is 12.0 Å². The molecule has 1 aromatic carbocycles. The molecule has 6 nitrogen and oxygen atoms in total. The van der Waals surface area contributed by atoms with E-state index in [9.17, 15) is 5.11 Å². The minimum Gasteiger partial charge on any atom is -0.510 e. The van der Waals surface area contributed by atoms with Gasteiger partial charge in [0.05, 0.1) is 24.3 Å². The quantitative estimate of drug-likeness (QED) is 0.768. The Hall–Kier alpha value is -1.89. The van der Waals surface area contributed by atoms with Crippen LogP contribution in [-0.2, 0) is 15.9 Å². The lowest BCUT2D eigenvalue weighted by atomic mass is 9.82. The summed E-state index contributed by atoms with van der Waals surface area (Å²) < 4.78 is 13.2. The number of allylic oxidation sites excluding steroid dienone is 1. The molecule has 0 spiro atoms. The first-order valence-corrected chi connectivity index (χ1v) is 9.21. The van der Waals surface area contributed by atoms with Crippen molar-refractivity contribution >= 4 is 17.3 Å². The van der Waals surface area contributed by atoms with Gasteiger partial charge in [-0.05, 0) is 30.5 Å². The fourth-order valence-electron chi connectivity index (χ4n) is 3.06. The van der Waals surface area contributed by atoms with E-state index in [0.29, 0.717) is 36.8 Å². The summed E-state index contributed by atoms with van der Waals surface area (Å²) in [7, 11) is 0. The number of rotatable bonds is 6. The van der Waals surface area contributed by atoms with Crippen molar-refractivity contribution in [1.82, 2.24) is 14.8 Å². The molecule has 0 unspecified atom stereocenters. The summed E-state index contributed by atoms with van der Waals surface area (Å²) in [5, 5.41) is 16.1. The van der Waals surface area contributed by atoms with E-state index in [4.69, 9.17) is 21.1 Å². The van der Waals surface area contributed by atoms with Crippen LogP contribution in [0.1, 0.15) is 32.3 Å². The average Bonchev–Trinajstić information content (AvgIpc) is 3.21. The minimum atomic E-state index is -0.598. The van der Waals surface area contributed by atoms with Crippen molar-refractivity contribution in [2.75, 3.05) is 13.2 Å². The monoisotopic (exact) mass is 377 g/mol. The summed E-state index contributed by atoms with van der Waals surface area (Å²) in [6, 6.07) is 7.54. The number of nitrogens with zero attached hydrogens (tertiary/aromatic N) is 3. The van der Waals surface area contributed by atoms with Gasteiger partial charge in [-0.1, -0.05) is 37.6 Å². The maximum atomic E-state index is 11.2. The van der Waals surface area contributed by atoms with E-state index in [1.54, 1.807) is 11.0 Å². The van der Waals surface area contributed by atoms with Crippen LogP contribution in [0.2, 0.25) is 5.02 Å². The highest BCUT2D eigenvalue weighted by Gasteiger charge is 2.41. The molecule has 0 atom stereocenters. The SMILES string of the molecule is CCC1OCC(CC)(/C(O)=C(/Cc2ccc(Cl)cc2)n2cncn2)CO1. The maximum absolute atomic E-state index is 11.2. The minimum absolute atomic E-state index is 0.214. The zero-order valence-electron chi connectivity index (χ0n) is 15.1. The second kappa shape index (κ2) is 8.20. The summed E-state index contributed by atoms with van der Waals surface area (Å²) in [5.41, 5.74) is 1.08. The molecule has 0 radical (unpaired) electrons. The Labute approximate surface area is 158 Å². The van der Waals surface area contributed by atoms with Gasteiger partial charge >= 0.3 is 0 Å². The largest absolute Gasteiger partial charge is 0.510 e. The van der Waals surface area contributed by atoms with Gasteiger partial charge in [-0.2, -0.15) is 5.10 Å². The predicted molar refractivity (Wildman–Crippen MR) is 99.7 cm³/mol. The predicted octanol–water partition coefficient (Wildman–Crippen LogP) is 4.08. The van der Waals surface area contributed by atoms with Crippen LogP contribution in [0.5, 0.6) is 0 Å². The molecule has 1 aliphatic rings. The van der Waals surface area contributed by atoms with E-state index >= 15 is 0 Å². The van der Waals surface area contributed by atoms with Crippen molar-refractivity contribution in [3.8, 4) is 0 Å². The van der Waals surface area contributed by atoms with Crippen LogP contribution in [0, 0.1) is 5.41 Å². The fourth-order valence-corrected chi connectivity index (χ4v) is 3.19. The third-order valence-electron chi connectivity index (χ3n) is 4.86. The second-order valence-electron chi connectivity index (χ2n) is 6.53. The lowest BCUT2D eigenvalue weighted by molar-refractivity contribution is -0.227. The molecule has 1 saturated heterocycles. The lowest BCUT2D eigenvalue weighted by Crippen LogP contribution is -2.43. The molecule has 1 aromatic heterocycles. The van der Waals surface area contributed by atoms with Gasteiger partial charge in [-0.25, -0.2) is 9.67 Å². The van der Waals surface area contributed by atoms with E-state index in [2.05, 4.69) is 10.1 Å². The summed E-state index contributed by atoms with van der Waals surface area (Å²) >= 11 is 5.98. The molecule has 0 amide bonds. The van der Waals surface area contributed by atoms with E-state index in [1.807, 2.05) is 38.1 Å². The van der Waals surface area contributed by atoms with Gasteiger partial charge in [0.2, 0.25) is 0 Å². The summed E-state index contributed by atoms with van der Waals surface area (Å²) in [6.45, 7) is 4.86. The molecule has 7 heteroatoms. The Morgan fingerprint density at radius 3 is 2.50 bits per heavy atom. The number of hydrogen-bond acceptors (Lipinski definition) is 5. The second-order valence-corrected chi connectivity index (χ2v) is 6.97. The zero-order chi connectivity index (χ0) is 18.6. The molecule has 0 bridgehead atoms. The van der Waals surface area contributed by atoms with Gasteiger partial charge in [0.15, 0.2) is 6.29 Å². The van der Waals surface area contributed by atoms with Crippen molar-refractivity contribution in [3.63, 3.8) is 0 Å². The first-order chi connectivity index (χ1) is 12.6. The normalized spacial score (nSPS) is 24.3. The van der Waals surface area contributed by atoms with Crippen LogP contribution < -0.4 is 0 Å². The summed E-state index contributed by atoms with van der Waals surface area (Å²) in [5.74, 6) is 0.231. The van der Waals surface area contributed by atoms with Crippen molar-refractivity contribution in [2.45, 2.75) is 39.4 Å². The Balaban J connectivity index is 1.97. The van der Waals surface area contributed by atoms with Crippen molar-refractivity contribution < 1.29 is 14.6 Å². The van der Waals surface area contributed by atoms with Crippen molar-refractivity contribution in [1.29, 1.82) is 0 Å². The van der Waals surface area contributed by atoms with Crippen LogP contribution in [0.4, 0.5) is 0 Å². The van der Waals surface area contributed by atoms with Crippen molar-refractivity contribution in [3.05, 3.63) is 53.3 Å². The third kappa shape index (κ3) is 3.92. The molecule has 0 saturated carbocycles. The van der Waals surface area contributed by atoms with Gasteiger partial charge in [0.1, 0.15) is 18.4 Å². The van der Waals surface area contributed by atoms with Crippen LogP contribution in [0.25, 0.3) is 5.70 Å². The molecule has 140 valence electrons. The number of benzene rings is 1. The Bertz CT molecular complexity index is 736. The molecule has 26 heavy (non-hydrogen) atoms.